The van der Waals surface area contributed by atoms with Gasteiger partial charge < -0.3 is 5.11 Å². The molecule has 1 aliphatic carbocycles. The van der Waals surface area contributed by atoms with Gasteiger partial charge in [-0.25, -0.2) is 0 Å². The summed E-state index contributed by atoms with van der Waals surface area (Å²) >= 11 is 3.55. The van der Waals surface area contributed by atoms with E-state index >= 15 is 0 Å². The minimum atomic E-state index is -0.000370. The average molecular weight is 303 g/mol. The lowest BCUT2D eigenvalue weighted by Crippen LogP contribution is -2.15. The molecule has 2 heteroatoms. The first-order chi connectivity index (χ1) is 8.54. The van der Waals surface area contributed by atoms with Gasteiger partial charge in [0.25, 0.3) is 0 Å². The highest BCUT2D eigenvalue weighted by atomic mass is 79.9. The fourth-order valence-corrected chi connectivity index (χ4v) is 3.22. The van der Waals surface area contributed by atoms with E-state index in [1.807, 2.05) is 6.07 Å². The fraction of sp³-hybridized carbons (Fsp3) is 0.250. The second-order valence-electron chi connectivity index (χ2n) is 5.35. The first-order valence-corrected chi connectivity index (χ1v) is 6.88. The van der Waals surface area contributed by atoms with Crippen molar-refractivity contribution in [2.75, 3.05) is 0 Å². The van der Waals surface area contributed by atoms with Crippen molar-refractivity contribution in [3.8, 4) is 11.1 Å². The zero-order valence-electron chi connectivity index (χ0n) is 10.5. The third-order valence-corrected chi connectivity index (χ3v) is 4.38. The van der Waals surface area contributed by atoms with Gasteiger partial charge in [-0.2, -0.15) is 0 Å². The van der Waals surface area contributed by atoms with E-state index in [1.54, 1.807) is 0 Å². The summed E-state index contributed by atoms with van der Waals surface area (Å²) in [7, 11) is 0. The summed E-state index contributed by atoms with van der Waals surface area (Å²) in [5.41, 5.74) is 6.24. The third kappa shape index (κ3) is 1.56. The van der Waals surface area contributed by atoms with Crippen molar-refractivity contribution >= 4 is 15.9 Å². The molecule has 1 N–H and O–H groups in total. The van der Waals surface area contributed by atoms with Crippen molar-refractivity contribution in [3.63, 3.8) is 0 Å². The summed E-state index contributed by atoms with van der Waals surface area (Å²) in [5.74, 6) is 0. The van der Waals surface area contributed by atoms with Crippen LogP contribution in [0.5, 0.6) is 0 Å². The number of fused-ring (bicyclic) bond motifs is 3. The molecule has 1 nitrogen and oxygen atoms in total. The van der Waals surface area contributed by atoms with Gasteiger partial charge in [0.1, 0.15) is 0 Å². The van der Waals surface area contributed by atoms with Crippen molar-refractivity contribution < 1.29 is 5.11 Å². The maximum absolute atomic E-state index is 9.29. The van der Waals surface area contributed by atoms with E-state index in [0.29, 0.717) is 0 Å². The van der Waals surface area contributed by atoms with Gasteiger partial charge in [0.15, 0.2) is 0 Å². The van der Waals surface area contributed by atoms with Crippen molar-refractivity contribution in [2.24, 2.45) is 0 Å². The average Bonchev–Trinajstić information content (AvgIpc) is 2.58. The van der Waals surface area contributed by atoms with Crippen molar-refractivity contribution in [1.29, 1.82) is 0 Å². The number of hydrogen-bond donors (Lipinski definition) is 1. The number of benzene rings is 2. The Morgan fingerprint density at radius 2 is 1.61 bits per heavy atom. The van der Waals surface area contributed by atoms with Crippen LogP contribution in [0, 0.1) is 0 Å². The van der Waals surface area contributed by atoms with Crippen LogP contribution in [0.1, 0.15) is 30.5 Å². The molecule has 0 atom stereocenters. The van der Waals surface area contributed by atoms with Crippen LogP contribution in [0.3, 0.4) is 0 Å². The Morgan fingerprint density at radius 3 is 2.28 bits per heavy atom. The first-order valence-electron chi connectivity index (χ1n) is 6.08. The van der Waals surface area contributed by atoms with E-state index in [4.69, 9.17) is 0 Å². The molecule has 1 aliphatic rings. The SMILES string of the molecule is CC1(C)c2cc(Br)ccc2-c2ccc(CO)cc21. The number of aliphatic hydroxyl groups is 1. The molecule has 92 valence electrons. The van der Waals surface area contributed by atoms with Gasteiger partial charge in [0.05, 0.1) is 6.61 Å². The number of halogens is 1. The number of hydrogen-bond acceptors (Lipinski definition) is 1. The van der Waals surface area contributed by atoms with Crippen molar-refractivity contribution in [2.45, 2.75) is 25.9 Å². The second-order valence-corrected chi connectivity index (χ2v) is 6.27. The van der Waals surface area contributed by atoms with Crippen LogP contribution >= 0.6 is 15.9 Å². The first kappa shape index (κ1) is 11.9. The standard InChI is InChI=1S/C16H15BrO/c1-16(2)14-7-10(9-18)3-5-12(14)13-6-4-11(17)8-15(13)16/h3-8,18H,9H2,1-2H3. The highest BCUT2D eigenvalue weighted by molar-refractivity contribution is 9.10. The Balaban J connectivity index is 2.31. The molecule has 0 aliphatic heterocycles. The molecule has 0 radical (unpaired) electrons. The minimum Gasteiger partial charge on any atom is -0.392 e. The van der Waals surface area contributed by atoms with Gasteiger partial charge in [-0.15, -0.1) is 0 Å². The summed E-state index contributed by atoms with van der Waals surface area (Å²) < 4.78 is 1.12. The summed E-state index contributed by atoms with van der Waals surface area (Å²) in [6, 6.07) is 12.7. The predicted molar refractivity (Wildman–Crippen MR) is 77.6 cm³/mol. The molecule has 2 aromatic carbocycles. The molecule has 0 aromatic heterocycles. The number of rotatable bonds is 1. The van der Waals surface area contributed by atoms with E-state index in [2.05, 4.69) is 60.1 Å². The maximum Gasteiger partial charge on any atom is 0.0681 e. The van der Waals surface area contributed by atoms with E-state index in [0.717, 1.165) is 10.0 Å². The van der Waals surface area contributed by atoms with Gasteiger partial charge in [0.2, 0.25) is 0 Å². The summed E-state index contributed by atoms with van der Waals surface area (Å²) in [6.07, 6.45) is 0. The molecule has 18 heavy (non-hydrogen) atoms. The fourth-order valence-electron chi connectivity index (χ4n) is 2.86. The topological polar surface area (TPSA) is 20.2 Å². The van der Waals surface area contributed by atoms with E-state index in [-0.39, 0.29) is 12.0 Å². The quantitative estimate of drug-likeness (QED) is 0.835. The third-order valence-electron chi connectivity index (χ3n) is 3.89. The molecule has 0 bridgehead atoms. The summed E-state index contributed by atoms with van der Waals surface area (Å²) in [6.45, 7) is 4.58. The van der Waals surface area contributed by atoms with Gasteiger partial charge >= 0.3 is 0 Å². The predicted octanol–water partition coefficient (Wildman–Crippen LogP) is 4.25. The normalized spacial score (nSPS) is 15.3. The molecule has 0 unspecified atom stereocenters. The summed E-state index contributed by atoms with van der Waals surface area (Å²) in [5, 5.41) is 9.29. The van der Waals surface area contributed by atoms with E-state index in [1.165, 1.54) is 22.3 Å². The monoisotopic (exact) mass is 302 g/mol. The Kier molecular flexibility index (Phi) is 2.61. The van der Waals surface area contributed by atoms with Crippen LogP contribution < -0.4 is 0 Å². The molecule has 0 fully saturated rings. The van der Waals surface area contributed by atoms with Crippen LogP contribution in [0.2, 0.25) is 0 Å². The zero-order chi connectivity index (χ0) is 12.9. The Labute approximate surface area is 116 Å². The van der Waals surface area contributed by atoms with E-state index in [9.17, 15) is 5.11 Å². The van der Waals surface area contributed by atoms with Gasteiger partial charge in [-0.3, -0.25) is 0 Å². The molecule has 0 amide bonds. The lowest BCUT2D eigenvalue weighted by molar-refractivity contribution is 0.281. The number of aliphatic hydroxyl groups excluding tert-OH is 1. The zero-order valence-corrected chi connectivity index (χ0v) is 12.1. The molecule has 3 rings (SSSR count). The Bertz CT molecular complexity index is 629. The summed E-state index contributed by atoms with van der Waals surface area (Å²) in [4.78, 5) is 0. The molecule has 0 saturated heterocycles. The van der Waals surface area contributed by atoms with Gasteiger partial charge in [-0.1, -0.05) is 54.0 Å². The van der Waals surface area contributed by atoms with Gasteiger partial charge in [-0.05, 0) is 39.9 Å². The highest BCUT2D eigenvalue weighted by Gasteiger charge is 2.35. The molecule has 0 spiro atoms. The van der Waals surface area contributed by atoms with Crippen LogP contribution in [-0.4, -0.2) is 5.11 Å². The Morgan fingerprint density at radius 1 is 1.00 bits per heavy atom. The minimum absolute atomic E-state index is 0.000370. The van der Waals surface area contributed by atoms with Crippen molar-refractivity contribution in [3.05, 3.63) is 57.6 Å². The molecule has 0 saturated carbocycles. The van der Waals surface area contributed by atoms with Gasteiger partial charge in [0, 0.05) is 9.89 Å². The Hall–Kier alpha value is -1.12. The smallest absolute Gasteiger partial charge is 0.0681 e. The highest BCUT2D eigenvalue weighted by Crippen LogP contribution is 2.49. The molecular formula is C16H15BrO. The lowest BCUT2D eigenvalue weighted by atomic mass is 9.82. The van der Waals surface area contributed by atoms with Crippen LogP contribution in [0.25, 0.3) is 11.1 Å². The van der Waals surface area contributed by atoms with Crippen LogP contribution in [0.15, 0.2) is 40.9 Å². The van der Waals surface area contributed by atoms with Crippen LogP contribution in [-0.2, 0) is 12.0 Å². The van der Waals surface area contributed by atoms with Crippen LogP contribution in [0.4, 0.5) is 0 Å². The lowest BCUT2D eigenvalue weighted by Gasteiger charge is -2.22. The second kappa shape index (κ2) is 3.94. The van der Waals surface area contributed by atoms with Crippen molar-refractivity contribution in [1.82, 2.24) is 0 Å². The molecule has 0 heterocycles. The largest absolute Gasteiger partial charge is 0.392 e. The maximum atomic E-state index is 9.29. The molecule has 2 aromatic rings. The van der Waals surface area contributed by atoms with E-state index < -0.39 is 0 Å². The molecular weight excluding hydrogens is 288 g/mol.